The number of carboxylic acids is 1. The number of aryl methyl sites for hydroxylation is 2. The predicted octanol–water partition coefficient (Wildman–Crippen LogP) is 5.94. The average Bonchev–Trinajstić information content (AvgIpc) is 3.47. The van der Waals surface area contributed by atoms with Crippen LogP contribution in [0.5, 0.6) is 17.2 Å². The van der Waals surface area contributed by atoms with Gasteiger partial charge in [-0.3, -0.25) is 4.79 Å². The number of sulfone groups is 1. The molecule has 0 fully saturated rings. The van der Waals surface area contributed by atoms with E-state index in [0.717, 1.165) is 33.4 Å². The monoisotopic (exact) mass is 568 g/mol. The van der Waals surface area contributed by atoms with Crippen LogP contribution in [0, 0.1) is 19.7 Å². The van der Waals surface area contributed by atoms with Gasteiger partial charge in [0.25, 0.3) is 0 Å². The number of fused-ring (bicyclic) bond motifs is 2. The third-order valence-corrected chi connectivity index (χ3v) is 8.58. The van der Waals surface area contributed by atoms with Gasteiger partial charge in [-0.25, -0.2) is 12.8 Å². The SMILES string of the molecule is Cc1cc(OCCCS(C)(=O)=O)cc(C)c1-c1ccc(F)c2c1CCC2Oc1ccc2c(c1)OCC2CC(=O)O. The van der Waals surface area contributed by atoms with Gasteiger partial charge in [0, 0.05) is 29.4 Å². The van der Waals surface area contributed by atoms with Crippen LogP contribution in [0.1, 0.15) is 59.1 Å². The van der Waals surface area contributed by atoms with Gasteiger partial charge in [0.05, 0.1) is 25.4 Å². The molecular formula is C31H33FO7S. The first-order valence-corrected chi connectivity index (χ1v) is 15.4. The second-order valence-corrected chi connectivity index (χ2v) is 13.0. The van der Waals surface area contributed by atoms with Crippen molar-refractivity contribution in [3.8, 4) is 28.4 Å². The Balaban J connectivity index is 1.36. The maximum Gasteiger partial charge on any atom is 0.304 e. The van der Waals surface area contributed by atoms with E-state index in [2.05, 4.69) is 0 Å². The summed E-state index contributed by atoms with van der Waals surface area (Å²) in [6.45, 7) is 4.61. The Morgan fingerprint density at radius 2 is 1.85 bits per heavy atom. The number of carboxylic acid groups (broad SMARTS) is 1. The van der Waals surface area contributed by atoms with E-state index >= 15 is 4.39 Å². The summed E-state index contributed by atoms with van der Waals surface area (Å²) in [6, 6.07) is 12.6. The lowest BCUT2D eigenvalue weighted by Crippen LogP contribution is -2.08. The van der Waals surface area contributed by atoms with Gasteiger partial charge in [-0.15, -0.1) is 0 Å². The number of hydrogen-bond acceptors (Lipinski definition) is 6. The first-order valence-electron chi connectivity index (χ1n) is 13.4. The molecule has 3 aromatic carbocycles. The van der Waals surface area contributed by atoms with E-state index in [1.54, 1.807) is 12.1 Å². The molecule has 0 radical (unpaired) electrons. The molecule has 0 bridgehead atoms. The van der Waals surface area contributed by atoms with E-state index in [1.807, 2.05) is 38.1 Å². The summed E-state index contributed by atoms with van der Waals surface area (Å²) < 4.78 is 55.8. The van der Waals surface area contributed by atoms with Crippen molar-refractivity contribution in [3.05, 3.63) is 76.1 Å². The minimum absolute atomic E-state index is 0.00626. The van der Waals surface area contributed by atoms with Gasteiger partial charge in [0.15, 0.2) is 0 Å². The van der Waals surface area contributed by atoms with Crippen LogP contribution < -0.4 is 14.2 Å². The Labute approximate surface area is 233 Å². The van der Waals surface area contributed by atoms with Crippen molar-refractivity contribution in [1.29, 1.82) is 0 Å². The third kappa shape index (κ3) is 5.94. The molecule has 3 aromatic rings. The van der Waals surface area contributed by atoms with E-state index in [1.165, 1.54) is 12.3 Å². The van der Waals surface area contributed by atoms with Crippen LogP contribution in [0.25, 0.3) is 11.1 Å². The number of ether oxygens (including phenoxy) is 3. The van der Waals surface area contributed by atoms with Crippen molar-refractivity contribution in [3.63, 3.8) is 0 Å². The van der Waals surface area contributed by atoms with Crippen LogP contribution >= 0.6 is 0 Å². The van der Waals surface area contributed by atoms with E-state index in [-0.39, 0.29) is 23.9 Å². The Morgan fingerprint density at radius 3 is 2.55 bits per heavy atom. The zero-order valence-electron chi connectivity index (χ0n) is 22.8. The second kappa shape index (κ2) is 11.1. The fraction of sp³-hybridized carbons (Fsp3) is 0.387. The number of hydrogen-bond donors (Lipinski definition) is 1. The van der Waals surface area contributed by atoms with Crippen LogP contribution in [0.3, 0.4) is 0 Å². The third-order valence-electron chi connectivity index (χ3n) is 7.55. The number of benzene rings is 3. The van der Waals surface area contributed by atoms with Gasteiger partial charge >= 0.3 is 5.97 Å². The highest BCUT2D eigenvalue weighted by Crippen LogP contribution is 2.45. The molecule has 1 aliphatic carbocycles. The minimum Gasteiger partial charge on any atom is -0.494 e. The molecule has 2 aliphatic rings. The number of rotatable bonds is 10. The van der Waals surface area contributed by atoms with E-state index < -0.39 is 21.9 Å². The summed E-state index contributed by atoms with van der Waals surface area (Å²) in [4.78, 5) is 11.1. The number of aliphatic carboxylic acids is 1. The van der Waals surface area contributed by atoms with Gasteiger partial charge in [0.1, 0.15) is 39.0 Å². The van der Waals surface area contributed by atoms with Crippen molar-refractivity contribution >= 4 is 15.8 Å². The Morgan fingerprint density at radius 1 is 1.10 bits per heavy atom. The number of carbonyl (C=O) groups is 1. The van der Waals surface area contributed by atoms with Crippen molar-refractivity contribution < 1.29 is 36.9 Å². The maximum absolute atomic E-state index is 15.2. The number of halogens is 1. The van der Waals surface area contributed by atoms with Crippen molar-refractivity contribution in [2.75, 3.05) is 25.2 Å². The molecule has 212 valence electrons. The lowest BCUT2D eigenvalue weighted by Gasteiger charge is -2.19. The molecule has 5 rings (SSSR count). The van der Waals surface area contributed by atoms with Crippen molar-refractivity contribution in [2.24, 2.45) is 0 Å². The van der Waals surface area contributed by atoms with Gasteiger partial charge in [0.2, 0.25) is 0 Å². The summed E-state index contributed by atoms with van der Waals surface area (Å²) in [5, 5.41) is 9.14. The molecule has 9 heteroatoms. The van der Waals surface area contributed by atoms with E-state index in [9.17, 15) is 13.2 Å². The molecule has 2 unspecified atom stereocenters. The quantitative estimate of drug-likeness (QED) is 0.302. The summed E-state index contributed by atoms with van der Waals surface area (Å²) in [5.74, 6) is 0.566. The Kier molecular flexibility index (Phi) is 7.77. The lowest BCUT2D eigenvalue weighted by atomic mass is 9.90. The molecule has 1 N–H and O–H groups in total. The summed E-state index contributed by atoms with van der Waals surface area (Å²) >= 11 is 0. The fourth-order valence-corrected chi connectivity index (χ4v) is 6.49. The molecular weight excluding hydrogens is 535 g/mol. The predicted molar refractivity (Wildman–Crippen MR) is 150 cm³/mol. The molecule has 0 saturated carbocycles. The van der Waals surface area contributed by atoms with Crippen molar-refractivity contribution in [2.45, 2.75) is 51.6 Å². The van der Waals surface area contributed by atoms with E-state index in [4.69, 9.17) is 19.3 Å². The molecule has 40 heavy (non-hydrogen) atoms. The smallest absolute Gasteiger partial charge is 0.304 e. The van der Waals surface area contributed by atoms with Gasteiger partial charge < -0.3 is 19.3 Å². The normalized spacial score (nSPS) is 17.7. The van der Waals surface area contributed by atoms with Gasteiger partial charge in [-0.05, 0) is 85.2 Å². The first kappa shape index (κ1) is 28.0. The highest BCUT2D eigenvalue weighted by atomic mass is 32.2. The largest absolute Gasteiger partial charge is 0.494 e. The second-order valence-electron chi connectivity index (χ2n) is 10.7. The molecule has 0 spiro atoms. The van der Waals surface area contributed by atoms with Crippen molar-refractivity contribution in [1.82, 2.24) is 0 Å². The average molecular weight is 569 g/mol. The highest BCUT2D eigenvalue weighted by Gasteiger charge is 2.32. The molecule has 1 aliphatic heterocycles. The summed E-state index contributed by atoms with van der Waals surface area (Å²) in [6.07, 6.45) is 2.48. The minimum atomic E-state index is -3.03. The van der Waals surface area contributed by atoms with Crippen LogP contribution in [-0.2, 0) is 21.1 Å². The highest BCUT2D eigenvalue weighted by molar-refractivity contribution is 7.90. The fourth-order valence-electron chi connectivity index (χ4n) is 5.84. The lowest BCUT2D eigenvalue weighted by molar-refractivity contribution is -0.137. The molecule has 2 atom stereocenters. The summed E-state index contributed by atoms with van der Waals surface area (Å²) in [5.41, 5.74) is 6.31. The summed E-state index contributed by atoms with van der Waals surface area (Å²) in [7, 11) is -3.03. The zero-order valence-corrected chi connectivity index (χ0v) is 23.6. The van der Waals surface area contributed by atoms with E-state index in [0.29, 0.717) is 55.3 Å². The maximum atomic E-state index is 15.2. The molecule has 7 nitrogen and oxygen atoms in total. The van der Waals surface area contributed by atoms with Crippen LogP contribution in [0.4, 0.5) is 4.39 Å². The molecule has 1 heterocycles. The molecule has 0 aromatic heterocycles. The Hall–Kier alpha value is -3.59. The first-order chi connectivity index (χ1) is 19.0. The molecule has 0 saturated heterocycles. The van der Waals surface area contributed by atoms with Gasteiger partial charge in [-0.1, -0.05) is 12.1 Å². The van der Waals surface area contributed by atoms with Crippen LogP contribution in [0.15, 0.2) is 42.5 Å². The molecule has 0 amide bonds. The van der Waals surface area contributed by atoms with Crippen LogP contribution in [-0.4, -0.2) is 44.7 Å². The van der Waals surface area contributed by atoms with Crippen LogP contribution in [0.2, 0.25) is 0 Å². The topological polar surface area (TPSA) is 99.1 Å². The Bertz CT molecular complexity index is 1540. The standard InChI is InChI=1S/C31H33FO7S/c1-18-13-22(37-11-4-12-40(3,35)36)14-19(2)30(18)24-7-9-26(32)31-25(24)8-10-27(31)39-21-5-6-23-20(15-29(33)34)17-38-28(23)16-21/h5-7,9,13-14,16,20,27H,4,8,10-12,15,17H2,1-3H3,(H,33,34). The van der Waals surface area contributed by atoms with Gasteiger partial charge in [-0.2, -0.15) is 0 Å². The zero-order chi connectivity index (χ0) is 28.6.